The van der Waals surface area contributed by atoms with Crippen LogP contribution in [-0.2, 0) is 0 Å². The van der Waals surface area contributed by atoms with E-state index in [0.717, 1.165) is 24.5 Å². The molecule has 0 saturated carbocycles. The maximum Gasteiger partial charge on any atom is 0.263 e. The second kappa shape index (κ2) is 7.96. The van der Waals surface area contributed by atoms with Gasteiger partial charge in [-0.2, -0.15) is 0 Å². The summed E-state index contributed by atoms with van der Waals surface area (Å²) >= 11 is 1.33. The smallest absolute Gasteiger partial charge is 0.263 e. The fourth-order valence-electron chi connectivity index (χ4n) is 1.63. The standard InChI is InChI=1S/C13H24N4O2S/c1-5-6-15-12(18)11-9(14)10(19-4)13(20-11)16-7-8-17(2)3/h16H,5-8,14H2,1-4H3,(H,15,18). The summed E-state index contributed by atoms with van der Waals surface area (Å²) in [7, 11) is 5.57. The molecule has 1 aromatic heterocycles. The zero-order valence-corrected chi connectivity index (χ0v) is 13.4. The molecule has 4 N–H and O–H groups in total. The second-order valence-electron chi connectivity index (χ2n) is 4.69. The Kier molecular flexibility index (Phi) is 6.60. The number of nitrogens with two attached hydrogens (primary N) is 1. The Labute approximate surface area is 124 Å². The maximum atomic E-state index is 12.0. The van der Waals surface area contributed by atoms with Gasteiger partial charge in [-0.3, -0.25) is 4.79 Å². The molecule has 0 radical (unpaired) electrons. The van der Waals surface area contributed by atoms with E-state index in [-0.39, 0.29) is 5.91 Å². The monoisotopic (exact) mass is 300 g/mol. The molecule has 114 valence electrons. The van der Waals surface area contributed by atoms with Crippen LogP contribution in [0.25, 0.3) is 0 Å². The predicted octanol–water partition coefficient (Wildman–Crippen LogP) is 1.45. The molecule has 0 aliphatic heterocycles. The van der Waals surface area contributed by atoms with E-state index in [1.54, 1.807) is 7.11 Å². The number of nitrogen functional groups attached to an aromatic ring is 1. The lowest BCUT2D eigenvalue weighted by Crippen LogP contribution is -2.23. The number of methoxy groups -OCH3 is 1. The normalized spacial score (nSPS) is 10.7. The molecule has 0 bridgehead atoms. The molecule has 6 nitrogen and oxygen atoms in total. The number of carbonyl (C=O) groups excluding carboxylic acids is 1. The third-order valence-electron chi connectivity index (χ3n) is 2.69. The van der Waals surface area contributed by atoms with Crippen LogP contribution in [0.15, 0.2) is 0 Å². The van der Waals surface area contributed by atoms with Crippen LogP contribution in [0.5, 0.6) is 5.75 Å². The van der Waals surface area contributed by atoms with Gasteiger partial charge >= 0.3 is 0 Å². The van der Waals surface area contributed by atoms with Crippen molar-refractivity contribution in [2.45, 2.75) is 13.3 Å². The second-order valence-corrected chi connectivity index (χ2v) is 5.71. The van der Waals surface area contributed by atoms with Gasteiger partial charge < -0.3 is 26.0 Å². The van der Waals surface area contributed by atoms with E-state index < -0.39 is 0 Å². The molecule has 0 aliphatic carbocycles. The first-order chi connectivity index (χ1) is 9.51. The number of ether oxygens (including phenoxy) is 1. The van der Waals surface area contributed by atoms with Crippen molar-refractivity contribution in [1.82, 2.24) is 10.2 Å². The van der Waals surface area contributed by atoms with Crippen LogP contribution in [-0.4, -0.2) is 51.6 Å². The van der Waals surface area contributed by atoms with Gasteiger partial charge in [0.25, 0.3) is 5.91 Å². The Morgan fingerprint density at radius 3 is 2.65 bits per heavy atom. The predicted molar refractivity (Wildman–Crippen MR) is 85.0 cm³/mol. The maximum absolute atomic E-state index is 12.0. The Hall–Kier alpha value is -1.47. The summed E-state index contributed by atoms with van der Waals surface area (Å²) in [5.41, 5.74) is 6.39. The van der Waals surface area contributed by atoms with Crippen LogP contribution in [0.1, 0.15) is 23.0 Å². The minimum absolute atomic E-state index is 0.145. The van der Waals surface area contributed by atoms with Crippen LogP contribution >= 0.6 is 11.3 Å². The minimum Gasteiger partial charge on any atom is -0.492 e. The van der Waals surface area contributed by atoms with Gasteiger partial charge in [0.05, 0.1) is 7.11 Å². The summed E-state index contributed by atoms with van der Waals surface area (Å²) in [4.78, 5) is 14.6. The number of likely N-dealkylation sites (N-methyl/N-ethyl adjacent to an activating group) is 1. The topological polar surface area (TPSA) is 79.6 Å². The highest BCUT2D eigenvalue weighted by Crippen LogP contribution is 2.42. The summed E-state index contributed by atoms with van der Waals surface area (Å²) in [6.45, 7) is 4.30. The van der Waals surface area contributed by atoms with Crippen molar-refractivity contribution in [3.63, 3.8) is 0 Å². The van der Waals surface area contributed by atoms with E-state index in [2.05, 4.69) is 15.5 Å². The molecule has 1 heterocycles. The van der Waals surface area contributed by atoms with E-state index in [0.29, 0.717) is 22.9 Å². The fraction of sp³-hybridized carbons (Fsp3) is 0.615. The molecule has 0 aromatic carbocycles. The van der Waals surface area contributed by atoms with E-state index in [9.17, 15) is 4.79 Å². The quantitative estimate of drug-likeness (QED) is 0.677. The molecular weight excluding hydrogens is 276 g/mol. The fourth-order valence-corrected chi connectivity index (χ4v) is 2.66. The number of hydrogen-bond acceptors (Lipinski definition) is 6. The average Bonchev–Trinajstić information content (AvgIpc) is 2.72. The van der Waals surface area contributed by atoms with E-state index in [1.807, 2.05) is 21.0 Å². The number of rotatable bonds is 8. The molecule has 7 heteroatoms. The highest BCUT2D eigenvalue weighted by atomic mass is 32.1. The lowest BCUT2D eigenvalue weighted by atomic mass is 10.3. The highest BCUT2D eigenvalue weighted by Gasteiger charge is 2.21. The van der Waals surface area contributed by atoms with Crippen molar-refractivity contribution < 1.29 is 9.53 Å². The number of nitrogens with zero attached hydrogens (tertiary/aromatic N) is 1. The van der Waals surface area contributed by atoms with Crippen molar-refractivity contribution in [2.75, 3.05) is 51.9 Å². The zero-order valence-electron chi connectivity index (χ0n) is 12.6. The third-order valence-corrected chi connectivity index (χ3v) is 3.83. The third kappa shape index (κ3) is 4.28. The van der Waals surface area contributed by atoms with Crippen molar-refractivity contribution in [2.24, 2.45) is 0 Å². The molecule has 1 rings (SSSR count). The Balaban J connectivity index is 2.82. The van der Waals surface area contributed by atoms with Crippen LogP contribution in [0.4, 0.5) is 10.7 Å². The van der Waals surface area contributed by atoms with Gasteiger partial charge in [0.2, 0.25) is 0 Å². The van der Waals surface area contributed by atoms with Crippen LogP contribution in [0.2, 0.25) is 0 Å². The number of thiophene rings is 1. The number of carbonyl (C=O) groups is 1. The van der Waals surface area contributed by atoms with Gasteiger partial charge in [-0.1, -0.05) is 6.92 Å². The molecule has 0 fully saturated rings. The summed E-state index contributed by atoms with van der Waals surface area (Å²) < 4.78 is 5.30. The number of hydrogen-bond donors (Lipinski definition) is 3. The molecule has 0 spiro atoms. The number of anilines is 2. The van der Waals surface area contributed by atoms with E-state index >= 15 is 0 Å². The Morgan fingerprint density at radius 2 is 2.10 bits per heavy atom. The first kappa shape index (κ1) is 16.6. The van der Waals surface area contributed by atoms with Gasteiger partial charge in [-0.05, 0) is 20.5 Å². The average molecular weight is 300 g/mol. The summed E-state index contributed by atoms with van der Waals surface area (Å²) in [6, 6.07) is 0. The van der Waals surface area contributed by atoms with E-state index in [1.165, 1.54) is 11.3 Å². The molecule has 0 unspecified atom stereocenters. The summed E-state index contributed by atoms with van der Waals surface area (Å²) in [5.74, 6) is 0.406. The first-order valence-electron chi connectivity index (χ1n) is 6.64. The molecule has 0 atom stereocenters. The number of amides is 1. The van der Waals surface area contributed by atoms with E-state index in [4.69, 9.17) is 10.5 Å². The van der Waals surface area contributed by atoms with Crippen molar-refractivity contribution in [1.29, 1.82) is 0 Å². The molecule has 1 aromatic rings. The lowest BCUT2D eigenvalue weighted by Gasteiger charge is -2.11. The van der Waals surface area contributed by atoms with Crippen molar-refractivity contribution in [3.8, 4) is 5.75 Å². The lowest BCUT2D eigenvalue weighted by molar-refractivity contribution is 0.0958. The Morgan fingerprint density at radius 1 is 1.40 bits per heavy atom. The van der Waals surface area contributed by atoms with Gasteiger partial charge in [0.1, 0.15) is 15.6 Å². The van der Waals surface area contributed by atoms with Gasteiger partial charge in [0.15, 0.2) is 5.75 Å². The molecule has 0 aliphatic rings. The minimum atomic E-state index is -0.145. The van der Waals surface area contributed by atoms with Gasteiger partial charge in [-0.15, -0.1) is 11.3 Å². The van der Waals surface area contributed by atoms with Gasteiger partial charge in [-0.25, -0.2) is 0 Å². The summed E-state index contributed by atoms with van der Waals surface area (Å²) in [5, 5.41) is 6.89. The highest BCUT2D eigenvalue weighted by molar-refractivity contribution is 7.19. The summed E-state index contributed by atoms with van der Waals surface area (Å²) in [6.07, 6.45) is 0.891. The van der Waals surface area contributed by atoms with Crippen LogP contribution in [0.3, 0.4) is 0 Å². The molecule has 1 amide bonds. The Bertz CT molecular complexity index is 446. The van der Waals surface area contributed by atoms with Crippen molar-refractivity contribution >= 4 is 27.9 Å². The number of nitrogens with one attached hydrogen (secondary N) is 2. The van der Waals surface area contributed by atoms with Crippen molar-refractivity contribution in [3.05, 3.63) is 4.88 Å². The van der Waals surface area contributed by atoms with Crippen LogP contribution < -0.4 is 21.1 Å². The largest absolute Gasteiger partial charge is 0.492 e. The van der Waals surface area contributed by atoms with Crippen LogP contribution in [0, 0.1) is 0 Å². The molecule has 20 heavy (non-hydrogen) atoms. The van der Waals surface area contributed by atoms with Gasteiger partial charge in [0, 0.05) is 19.6 Å². The first-order valence-corrected chi connectivity index (χ1v) is 7.45. The SMILES string of the molecule is CCCNC(=O)c1sc(NCCN(C)C)c(OC)c1N. The molecular formula is C13H24N4O2S. The zero-order chi connectivity index (χ0) is 15.1. The molecule has 0 saturated heterocycles.